The highest BCUT2D eigenvalue weighted by Gasteiger charge is 2.09. The van der Waals surface area contributed by atoms with Crippen molar-refractivity contribution in [3.05, 3.63) is 27.7 Å². The van der Waals surface area contributed by atoms with E-state index < -0.39 is 0 Å². The lowest BCUT2D eigenvalue weighted by atomic mass is 10.0. The molecule has 0 radical (unpaired) electrons. The van der Waals surface area contributed by atoms with Crippen LogP contribution >= 0.6 is 27.5 Å². The molecule has 0 fully saturated rings. The molecule has 1 aromatic carbocycles. The Morgan fingerprint density at radius 3 is 2.62 bits per heavy atom. The molecule has 16 heavy (non-hydrogen) atoms. The second kappa shape index (κ2) is 6.48. The summed E-state index contributed by atoms with van der Waals surface area (Å²) in [7, 11) is 0. The van der Waals surface area contributed by atoms with E-state index in [-0.39, 0.29) is 0 Å². The van der Waals surface area contributed by atoms with Crippen LogP contribution in [0.3, 0.4) is 0 Å². The number of nitrogens with one attached hydrogen (secondary N) is 1. The van der Waals surface area contributed by atoms with Crippen molar-refractivity contribution in [2.24, 2.45) is 11.7 Å². The van der Waals surface area contributed by atoms with Gasteiger partial charge in [-0.25, -0.2) is 0 Å². The van der Waals surface area contributed by atoms with Crippen molar-refractivity contribution < 1.29 is 0 Å². The third-order valence-corrected chi connectivity index (χ3v) is 3.54. The quantitative estimate of drug-likeness (QED) is 0.866. The van der Waals surface area contributed by atoms with E-state index in [9.17, 15) is 0 Å². The Kier molecular flexibility index (Phi) is 5.59. The molecule has 2 nitrogen and oxygen atoms in total. The lowest BCUT2D eigenvalue weighted by Crippen LogP contribution is -2.30. The number of nitrogens with two attached hydrogens (primary N) is 1. The van der Waals surface area contributed by atoms with Gasteiger partial charge in [-0.05, 0) is 46.5 Å². The topological polar surface area (TPSA) is 38.0 Å². The molecule has 0 aliphatic carbocycles. The fourth-order valence-electron chi connectivity index (χ4n) is 1.60. The zero-order chi connectivity index (χ0) is 12.1. The molecule has 0 saturated heterocycles. The molecule has 0 saturated carbocycles. The Bertz CT molecular complexity index is 342. The van der Waals surface area contributed by atoms with E-state index in [1.807, 2.05) is 18.2 Å². The van der Waals surface area contributed by atoms with Gasteiger partial charge in [0.15, 0.2) is 0 Å². The molecule has 0 aliphatic rings. The van der Waals surface area contributed by atoms with Crippen LogP contribution in [0, 0.1) is 5.92 Å². The second-order valence-electron chi connectivity index (χ2n) is 4.34. The van der Waals surface area contributed by atoms with Crippen LogP contribution in [0.1, 0.15) is 20.3 Å². The van der Waals surface area contributed by atoms with Crippen molar-refractivity contribution in [3.63, 3.8) is 0 Å². The van der Waals surface area contributed by atoms with E-state index >= 15 is 0 Å². The second-order valence-corrected chi connectivity index (χ2v) is 5.60. The molecule has 4 heteroatoms. The monoisotopic (exact) mass is 304 g/mol. The molecular formula is C12H18BrClN2. The average Bonchev–Trinajstić information content (AvgIpc) is 2.22. The Hall–Kier alpha value is -0.250. The Morgan fingerprint density at radius 2 is 2.12 bits per heavy atom. The third-order valence-electron chi connectivity index (χ3n) is 2.33. The fourth-order valence-corrected chi connectivity index (χ4v) is 2.10. The number of benzene rings is 1. The summed E-state index contributed by atoms with van der Waals surface area (Å²) in [6.07, 6.45) is 1.07. The molecule has 1 aromatic rings. The van der Waals surface area contributed by atoms with E-state index in [2.05, 4.69) is 35.1 Å². The summed E-state index contributed by atoms with van der Waals surface area (Å²) in [5.74, 6) is 0.636. The van der Waals surface area contributed by atoms with E-state index in [4.69, 9.17) is 17.3 Å². The number of anilines is 1. The van der Waals surface area contributed by atoms with Crippen LogP contribution < -0.4 is 11.1 Å². The van der Waals surface area contributed by atoms with Crippen LogP contribution in [0.5, 0.6) is 0 Å². The minimum absolute atomic E-state index is 0.313. The lowest BCUT2D eigenvalue weighted by molar-refractivity contribution is 0.522. The van der Waals surface area contributed by atoms with Crippen molar-refractivity contribution in [2.45, 2.75) is 26.3 Å². The van der Waals surface area contributed by atoms with Gasteiger partial charge in [0.25, 0.3) is 0 Å². The molecule has 1 unspecified atom stereocenters. The van der Waals surface area contributed by atoms with Crippen LogP contribution in [0.15, 0.2) is 22.7 Å². The first-order valence-electron chi connectivity index (χ1n) is 5.44. The molecule has 3 N–H and O–H groups in total. The Balaban J connectivity index is 2.66. The molecule has 1 rings (SSSR count). The minimum Gasteiger partial charge on any atom is -0.381 e. The highest BCUT2D eigenvalue weighted by molar-refractivity contribution is 9.10. The highest BCUT2D eigenvalue weighted by atomic mass is 79.9. The first-order valence-corrected chi connectivity index (χ1v) is 6.61. The number of rotatable bonds is 5. The van der Waals surface area contributed by atoms with Crippen molar-refractivity contribution in [3.8, 4) is 0 Å². The molecule has 0 spiro atoms. The van der Waals surface area contributed by atoms with E-state index in [1.54, 1.807) is 0 Å². The first kappa shape index (κ1) is 13.8. The molecule has 1 atom stereocenters. The van der Waals surface area contributed by atoms with Gasteiger partial charge in [0.1, 0.15) is 0 Å². The molecule has 90 valence electrons. The summed E-state index contributed by atoms with van der Waals surface area (Å²) in [5.41, 5.74) is 6.79. The summed E-state index contributed by atoms with van der Waals surface area (Å²) in [6, 6.07) is 6.13. The maximum absolute atomic E-state index is 5.94. The summed E-state index contributed by atoms with van der Waals surface area (Å²) < 4.78 is 0.902. The first-order chi connectivity index (χ1) is 7.52. The van der Waals surface area contributed by atoms with Crippen LogP contribution in [0.2, 0.25) is 5.02 Å². The molecule has 0 aromatic heterocycles. The van der Waals surface area contributed by atoms with Crippen molar-refractivity contribution in [1.82, 2.24) is 0 Å². The number of hydrogen-bond donors (Lipinski definition) is 2. The molecule has 0 heterocycles. The van der Waals surface area contributed by atoms with Gasteiger partial charge in [0.05, 0.1) is 5.02 Å². The SMILES string of the molecule is CC(C)CC(CN)Nc1ccc(Cl)c(Br)c1. The smallest absolute Gasteiger partial charge is 0.0549 e. The van der Waals surface area contributed by atoms with Crippen molar-refractivity contribution >= 4 is 33.2 Å². The zero-order valence-corrected chi connectivity index (χ0v) is 12.0. The zero-order valence-electron chi connectivity index (χ0n) is 9.63. The molecule has 0 amide bonds. The van der Waals surface area contributed by atoms with E-state index in [0.29, 0.717) is 18.5 Å². The average molecular weight is 306 g/mol. The predicted molar refractivity (Wildman–Crippen MR) is 75.1 cm³/mol. The van der Waals surface area contributed by atoms with Gasteiger partial charge in [-0.2, -0.15) is 0 Å². The van der Waals surface area contributed by atoms with Gasteiger partial charge in [-0.15, -0.1) is 0 Å². The van der Waals surface area contributed by atoms with Gasteiger partial charge >= 0.3 is 0 Å². The summed E-state index contributed by atoms with van der Waals surface area (Å²) in [5, 5.41) is 4.14. The standard InChI is InChI=1S/C12H18BrClN2/c1-8(2)5-10(7-15)16-9-3-4-12(14)11(13)6-9/h3-4,6,8,10,16H,5,7,15H2,1-2H3. The van der Waals surface area contributed by atoms with Crippen LogP contribution in [-0.2, 0) is 0 Å². The fraction of sp³-hybridized carbons (Fsp3) is 0.500. The van der Waals surface area contributed by atoms with E-state index in [0.717, 1.165) is 21.6 Å². The predicted octanol–water partition coefficient (Wildman–Crippen LogP) is 3.89. The molecular weight excluding hydrogens is 288 g/mol. The number of hydrogen-bond acceptors (Lipinski definition) is 2. The molecule has 0 bridgehead atoms. The van der Waals surface area contributed by atoms with Crippen molar-refractivity contribution in [1.29, 1.82) is 0 Å². The maximum Gasteiger partial charge on any atom is 0.0549 e. The number of halogens is 2. The maximum atomic E-state index is 5.94. The summed E-state index contributed by atoms with van der Waals surface area (Å²) in [6.45, 7) is 5.03. The van der Waals surface area contributed by atoms with E-state index in [1.165, 1.54) is 0 Å². The van der Waals surface area contributed by atoms with Crippen LogP contribution in [-0.4, -0.2) is 12.6 Å². The normalized spacial score (nSPS) is 12.9. The van der Waals surface area contributed by atoms with Crippen LogP contribution in [0.4, 0.5) is 5.69 Å². The largest absolute Gasteiger partial charge is 0.381 e. The summed E-state index contributed by atoms with van der Waals surface area (Å²) >= 11 is 9.34. The third kappa shape index (κ3) is 4.32. The van der Waals surface area contributed by atoms with Gasteiger partial charge in [-0.1, -0.05) is 25.4 Å². The van der Waals surface area contributed by atoms with Gasteiger partial charge in [0.2, 0.25) is 0 Å². The minimum atomic E-state index is 0.313. The Morgan fingerprint density at radius 1 is 1.44 bits per heavy atom. The Labute approximate surface area is 111 Å². The molecule has 0 aliphatic heterocycles. The van der Waals surface area contributed by atoms with Gasteiger partial charge < -0.3 is 11.1 Å². The van der Waals surface area contributed by atoms with Crippen molar-refractivity contribution in [2.75, 3.05) is 11.9 Å². The van der Waals surface area contributed by atoms with Gasteiger partial charge in [0, 0.05) is 22.7 Å². The van der Waals surface area contributed by atoms with Gasteiger partial charge in [-0.3, -0.25) is 0 Å². The summed E-state index contributed by atoms with van der Waals surface area (Å²) in [4.78, 5) is 0. The lowest BCUT2D eigenvalue weighted by Gasteiger charge is -2.20. The highest BCUT2D eigenvalue weighted by Crippen LogP contribution is 2.26. The van der Waals surface area contributed by atoms with Crippen LogP contribution in [0.25, 0.3) is 0 Å².